The van der Waals surface area contributed by atoms with E-state index in [-0.39, 0.29) is 36.2 Å². The summed E-state index contributed by atoms with van der Waals surface area (Å²) in [5, 5.41) is 2.97. The van der Waals surface area contributed by atoms with Crippen molar-refractivity contribution >= 4 is 43.5 Å². The molecule has 0 unspecified atom stereocenters. The molecule has 0 aromatic heterocycles. The first-order valence-electron chi connectivity index (χ1n) is 13.5. The molecule has 0 aliphatic heterocycles. The smallest absolute Gasteiger partial charge is 0.244 e. The van der Waals surface area contributed by atoms with Crippen molar-refractivity contribution in [2.75, 3.05) is 37.9 Å². The molecule has 42 heavy (non-hydrogen) atoms. The Morgan fingerprint density at radius 1 is 0.929 bits per heavy atom. The lowest BCUT2D eigenvalue weighted by molar-refractivity contribution is -0.140. The summed E-state index contributed by atoms with van der Waals surface area (Å²) in [7, 11) is -1.09. The van der Waals surface area contributed by atoms with Gasteiger partial charge in [0.2, 0.25) is 21.8 Å². The number of anilines is 1. The van der Waals surface area contributed by atoms with E-state index in [9.17, 15) is 18.0 Å². The Morgan fingerprint density at radius 2 is 1.62 bits per heavy atom. The molecule has 0 spiro atoms. The zero-order valence-corrected chi connectivity index (χ0v) is 26.9. The molecular formula is C31H38BrN3O6S. The van der Waals surface area contributed by atoms with Gasteiger partial charge >= 0.3 is 0 Å². The van der Waals surface area contributed by atoms with Gasteiger partial charge in [0.25, 0.3) is 0 Å². The largest absolute Gasteiger partial charge is 0.497 e. The lowest BCUT2D eigenvalue weighted by Gasteiger charge is -2.34. The highest BCUT2D eigenvalue weighted by Gasteiger charge is 2.34. The van der Waals surface area contributed by atoms with E-state index in [4.69, 9.17) is 9.47 Å². The van der Waals surface area contributed by atoms with E-state index in [1.807, 2.05) is 68.4 Å². The van der Waals surface area contributed by atoms with Gasteiger partial charge in [0, 0.05) is 30.0 Å². The summed E-state index contributed by atoms with van der Waals surface area (Å²) < 4.78 is 38.8. The molecule has 226 valence electrons. The maximum absolute atomic E-state index is 14.2. The van der Waals surface area contributed by atoms with Gasteiger partial charge < -0.3 is 19.7 Å². The number of carbonyl (C=O) groups excluding carboxylic acids is 2. The average molecular weight is 661 g/mol. The number of halogens is 1. The first-order valence-corrected chi connectivity index (χ1v) is 16.1. The van der Waals surface area contributed by atoms with Crippen molar-refractivity contribution in [2.24, 2.45) is 5.92 Å². The molecule has 0 bridgehead atoms. The first kappa shape index (κ1) is 32.9. The van der Waals surface area contributed by atoms with Gasteiger partial charge in [-0.1, -0.05) is 72.2 Å². The van der Waals surface area contributed by atoms with Gasteiger partial charge in [0.1, 0.15) is 24.1 Å². The highest BCUT2D eigenvalue weighted by molar-refractivity contribution is 9.10. The van der Waals surface area contributed by atoms with Crippen LogP contribution in [0.3, 0.4) is 0 Å². The van der Waals surface area contributed by atoms with Crippen LogP contribution < -0.4 is 19.1 Å². The minimum absolute atomic E-state index is 0.0811. The van der Waals surface area contributed by atoms with Crippen LogP contribution in [-0.4, -0.2) is 64.7 Å². The van der Waals surface area contributed by atoms with E-state index in [1.54, 1.807) is 12.1 Å². The SMILES string of the molecule is COc1ccc(OC)c(N(CC(=O)N(Cc2cccc(Br)c2)[C@H](Cc2ccccc2)C(=O)NCC(C)C)S(C)(=O)=O)c1. The second kappa shape index (κ2) is 15.1. The Balaban J connectivity index is 2.10. The summed E-state index contributed by atoms with van der Waals surface area (Å²) >= 11 is 3.48. The molecule has 0 saturated carbocycles. The van der Waals surface area contributed by atoms with Gasteiger partial charge in [-0.05, 0) is 41.3 Å². The van der Waals surface area contributed by atoms with Gasteiger partial charge in [0.15, 0.2) is 0 Å². The summed E-state index contributed by atoms with van der Waals surface area (Å²) in [5.41, 5.74) is 1.79. The third-order valence-electron chi connectivity index (χ3n) is 6.53. The number of ether oxygens (including phenoxy) is 2. The average Bonchev–Trinajstić information content (AvgIpc) is 2.96. The maximum atomic E-state index is 14.2. The highest BCUT2D eigenvalue weighted by atomic mass is 79.9. The molecule has 1 atom stereocenters. The molecule has 2 amide bonds. The number of amides is 2. The zero-order valence-electron chi connectivity index (χ0n) is 24.5. The highest BCUT2D eigenvalue weighted by Crippen LogP contribution is 2.34. The van der Waals surface area contributed by atoms with Crippen molar-refractivity contribution in [1.82, 2.24) is 10.2 Å². The lowest BCUT2D eigenvalue weighted by Crippen LogP contribution is -2.53. The monoisotopic (exact) mass is 659 g/mol. The van der Waals surface area contributed by atoms with Crippen molar-refractivity contribution in [2.45, 2.75) is 32.9 Å². The van der Waals surface area contributed by atoms with Crippen LogP contribution in [0.2, 0.25) is 0 Å². The van der Waals surface area contributed by atoms with Crippen molar-refractivity contribution in [1.29, 1.82) is 0 Å². The van der Waals surface area contributed by atoms with Crippen LogP contribution in [-0.2, 0) is 32.6 Å². The van der Waals surface area contributed by atoms with Gasteiger partial charge in [0.05, 0.1) is 26.2 Å². The number of benzene rings is 3. The summed E-state index contributed by atoms with van der Waals surface area (Å²) in [6, 6.07) is 20.7. The van der Waals surface area contributed by atoms with Crippen molar-refractivity contribution in [3.05, 3.63) is 88.4 Å². The number of hydrogen-bond donors (Lipinski definition) is 1. The minimum Gasteiger partial charge on any atom is -0.497 e. The number of rotatable bonds is 14. The van der Waals surface area contributed by atoms with Gasteiger partial charge in [-0.2, -0.15) is 0 Å². The van der Waals surface area contributed by atoms with Crippen molar-refractivity contribution in [3.8, 4) is 11.5 Å². The molecule has 1 N–H and O–H groups in total. The van der Waals surface area contributed by atoms with E-state index in [2.05, 4.69) is 21.2 Å². The minimum atomic E-state index is -3.97. The third-order valence-corrected chi connectivity index (χ3v) is 8.15. The van der Waals surface area contributed by atoms with Crippen molar-refractivity contribution < 1.29 is 27.5 Å². The Kier molecular flexibility index (Phi) is 11.8. The van der Waals surface area contributed by atoms with E-state index in [1.165, 1.54) is 25.2 Å². The molecule has 0 fully saturated rings. The second-order valence-corrected chi connectivity index (χ2v) is 13.1. The zero-order chi connectivity index (χ0) is 30.9. The lowest BCUT2D eigenvalue weighted by atomic mass is 10.0. The molecule has 11 heteroatoms. The Morgan fingerprint density at radius 3 is 2.21 bits per heavy atom. The topological polar surface area (TPSA) is 105 Å². The molecule has 0 heterocycles. The molecule has 0 aliphatic carbocycles. The van der Waals surface area contributed by atoms with E-state index >= 15 is 0 Å². The Hall–Kier alpha value is -3.57. The molecule has 3 aromatic carbocycles. The molecule has 3 aromatic rings. The molecule has 0 aliphatic rings. The molecule has 0 saturated heterocycles. The number of hydrogen-bond acceptors (Lipinski definition) is 6. The molecule has 9 nitrogen and oxygen atoms in total. The number of methoxy groups -OCH3 is 2. The predicted octanol–water partition coefficient (Wildman–Crippen LogP) is 4.64. The van der Waals surface area contributed by atoms with Crippen LogP contribution in [0.4, 0.5) is 5.69 Å². The summed E-state index contributed by atoms with van der Waals surface area (Å²) in [4.78, 5) is 29.4. The van der Waals surface area contributed by atoms with E-state index in [0.717, 1.165) is 26.2 Å². The Labute approximate surface area is 257 Å². The van der Waals surface area contributed by atoms with Crippen LogP contribution in [0, 0.1) is 5.92 Å². The van der Waals surface area contributed by atoms with Crippen LogP contribution in [0.5, 0.6) is 11.5 Å². The summed E-state index contributed by atoms with van der Waals surface area (Å²) in [6.07, 6.45) is 1.26. The Bertz CT molecular complexity index is 1470. The van der Waals surface area contributed by atoms with E-state index in [0.29, 0.717) is 12.3 Å². The molecular weight excluding hydrogens is 622 g/mol. The van der Waals surface area contributed by atoms with Gasteiger partial charge in [-0.25, -0.2) is 8.42 Å². The van der Waals surface area contributed by atoms with E-state index < -0.39 is 28.5 Å². The van der Waals surface area contributed by atoms with Gasteiger partial charge in [-0.3, -0.25) is 13.9 Å². The van der Waals surface area contributed by atoms with Gasteiger partial charge in [-0.15, -0.1) is 0 Å². The normalized spacial score (nSPS) is 12.0. The van der Waals surface area contributed by atoms with Crippen LogP contribution in [0.15, 0.2) is 77.3 Å². The predicted molar refractivity (Wildman–Crippen MR) is 168 cm³/mol. The fourth-order valence-electron chi connectivity index (χ4n) is 4.39. The van der Waals surface area contributed by atoms with Crippen LogP contribution in [0.25, 0.3) is 0 Å². The number of nitrogens with zero attached hydrogens (tertiary/aromatic N) is 2. The number of carbonyl (C=O) groups is 2. The fourth-order valence-corrected chi connectivity index (χ4v) is 5.69. The number of sulfonamides is 1. The standard InChI is InChI=1S/C31H38BrN3O6S/c1-22(2)19-33-31(37)28(17-23-10-7-6-8-11-23)34(20-24-12-9-13-25(32)16-24)30(36)21-35(42(5,38)39)27-18-26(40-3)14-15-29(27)41-4/h6-16,18,22,28H,17,19-21H2,1-5H3,(H,33,37)/t28-/m1/s1. The molecule has 3 rings (SSSR count). The first-order chi connectivity index (χ1) is 19.9. The van der Waals surface area contributed by atoms with Crippen LogP contribution in [0.1, 0.15) is 25.0 Å². The maximum Gasteiger partial charge on any atom is 0.244 e. The van der Waals surface area contributed by atoms with Crippen LogP contribution >= 0.6 is 15.9 Å². The molecule has 0 radical (unpaired) electrons. The quantitative estimate of drug-likeness (QED) is 0.270. The van der Waals surface area contributed by atoms with Crippen molar-refractivity contribution in [3.63, 3.8) is 0 Å². The summed E-state index contributed by atoms with van der Waals surface area (Å²) in [6.45, 7) is 3.93. The number of nitrogens with one attached hydrogen (secondary N) is 1. The second-order valence-electron chi connectivity index (χ2n) is 10.3. The third kappa shape index (κ3) is 9.22. The summed E-state index contributed by atoms with van der Waals surface area (Å²) in [5.74, 6) is -0.0236. The fraction of sp³-hybridized carbons (Fsp3) is 0.355.